The monoisotopic (exact) mass is 645 g/mol. The number of aliphatic hydroxyl groups excluding tert-OH is 1. The first kappa shape index (κ1) is 31.1. The van der Waals surface area contributed by atoms with Crippen LogP contribution >= 0.6 is 7.82 Å². The maximum absolute atomic E-state index is 15.5. The number of nitrogens with zero attached hydrogens (tertiary/aromatic N) is 3. The number of hydrogen-bond acceptors (Lipinski definition) is 12. The van der Waals surface area contributed by atoms with E-state index < -0.39 is 67.4 Å². The molecule has 44 heavy (non-hydrogen) atoms. The van der Waals surface area contributed by atoms with Crippen molar-refractivity contribution in [1.82, 2.24) is 19.5 Å². The van der Waals surface area contributed by atoms with Crippen LogP contribution in [0.15, 0.2) is 59.7 Å². The van der Waals surface area contributed by atoms with Gasteiger partial charge in [-0.3, -0.25) is 18.9 Å². The lowest BCUT2D eigenvalue weighted by atomic mass is 9.96. The van der Waals surface area contributed by atoms with E-state index in [4.69, 9.17) is 33.5 Å². The molecule has 3 heterocycles. The molecule has 14 nitrogen and oxygen atoms in total. The van der Waals surface area contributed by atoms with Crippen molar-refractivity contribution in [3.63, 3.8) is 0 Å². The standard InChI is InChI=1S/C25H24F4N5O9P/c1-38-13-3-7-15(8-4-13)42-44(37,43-16-9-5-14(39-2)6-10-16)40-11-24(21(26)27)20(36)25(28,29)22(41-24)34-12-31-17-18(34)32-23(30)33-19(17)35/h3-10,12,20-22,36H,11H2,1-2H3,(H3,30,32,33,35). The summed E-state index contributed by atoms with van der Waals surface area (Å²) in [5.41, 5.74) is 0.114. The first-order chi connectivity index (χ1) is 20.8. The number of H-pyrrole nitrogens is 1. The lowest BCUT2D eigenvalue weighted by molar-refractivity contribution is -0.192. The molecule has 0 saturated carbocycles. The van der Waals surface area contributed by atoms with Crippen molar-refractivity contribution in [2.75, 3.05) is 26.6 Å². The van der Waals surface area contributed by atoms with Gasteiger partial charge < -0.3 is 34.1 Å². The van der Waals surface area contributed by atoms with Crippen LogP contribution in [-0.4, -0.2) is 69.5 Å². The fraction of sp³-hybridized carbons (Fsp3) is 0.320. The number of fused-ring (bicyclic) bond motifs is 1. The van der Waals surface area contributed by atoms with Crippen LogP contribution in [0, 0.1) is 0 Å². The number of halogens is 4. The number of nitrogens with one attached hydrogen (secondary N) is 1. The molecule has 0 radical (unpaired) electrons. The van der Waals surface area contributed by atoms with Crippen molar-refractivity contribution in [3.8, 4) is 23.0 Å². The molecule has 2 aromatic carbocycles. The van der Waals surface area contributed by atoms with E-state index in [1.54, 1.807) is 0 Å². The van der Waals surface area contributed by atoms with Gasteiger partial charge in [-0.05, 0) is 48.5 Å². The molecule has 3 unspecified atom stereocenters. The minimum absolute atomic E-state index is 0.136. The topological polar surface area (TPSA) is 182 Å². The van der Waals surface area contributed by atoms with Gasteiger partial charge in [0.2, 0.25) is 12.2 Å². The van der Waals surface area contributed by atoms with Gasteiger partial charge in [0, 0.05) is 0 Å². The number of alkyl halides is 4. The number of methoxy groups -OCH3 is 2. The van der Waals surface area contributed by atoms with E-state index >= 15 is 8.78 Å². The highest BCUT2D eigenvalue weighted by atomic mass is 31.2. The summed E-state index contributed by atoms with van der Waals surface area (Å²) < 4.78 is 106. The Morgan fingerprint density at radius 3 is 2.07 bits per heavy atom. The molecule has 0 bridgehead atoms. The average Bonchev–Trinajstić information content (AvgIpc) is 3.49. The minimum atomic E-state index is -4.99. The molecule has 1 saturated heterocycles. The number of benzene rings is 2. The Bertz CT molecular complexity index is 1690. The van der Waals surface area contributed by atoms with Crippen LogP contribution in [-0.2, 0) is 13.8 Å². The fourth-order valence-corrected chi connectivity index (χ4v) is 5.56. The minimum Gasteiger partial charge on any atom is -0.497 e. The van der Waals surface area contributed by atoms with Crippen LogP contribution in [0.2, 0.25) is 0 Å². The summed E-state index contributed by atoms with van der Waals surface area (Å²) in [6.45, 7) is -1.62. The molecule has 3 atom stereocenters. The maximum Gasteiger partial charge on any atom is 0.587 e. The molecule has 5 rings (SSSR count). The maximum atomic E-state index is 15.5. The molecular weight excluding hydrogens is 621 g/mol. The smallest absolute Gasteiger partial charge is 0.497 e. The van der Waals surface area contributed by atoms with Crippen molar-refractivity contribution in [1.29, 1.82) is 0 Å². The van der Waals surface area contributed by atoms with E-state index in [9.17, 15) is 23.2 Å². The first-order valence-electron chi connectivity index (χ1n) is 12.5. The normalized spacial score (nSPS) is 21.5. The van der Waals surface area contributed by atoms with Crippen molar-refractivity contribution in [2.45, 2.75) is 30.3 Å². The molecule has 1 aliphatic rings. The highest BCUT2D eigenvalue weighted by molar-refractivity contribution is 7.49. The van der Waals surface area contributed by atoms with Crippen LogP contribution in [0.3, 0.4) is 0 Å². The van der Waals surface area contributed by atoms with Gasteiger partial charge in [-0.25, -0.2) is 18.3 Å². The Labute approximate surface area is 244 Å². The van der Waals surface area contributed by atoms with Crippen LogP contribution in [0.5, 0.6) is 23.0 Å². The summed E-state index contributed by atoms with van der Waals surface area (Å²) in [4.78, 5) is 21.7. The molecule has 1 fully saturated rings. The first-order valence-corrected chi connectivity index (χ1v) is 13.9. The van der Waals surface area contributed by atoms with Gasteiger partial charge in [0.15, 0.2) is 22.9 Å². The van der Waals surface area contributed by atoms with E-state index in [0.29, 0.717) is 22.4 Å². The summed E-state index contributed by atoms with van der Waals surface area (Å²) in [6.07, 6.45) is -9.09. The zero-order valence-corrected chi connectivity index (χ0v) is 23.6. The van der Waals surface area contributed by atoms with Crippen LogP contribution in [0.25, 0.3) is 11.2 Å². The number of nitrogens with two attached hydrogens (primary N) is 1. The molecule has 2 aromatic heterocycles. The second-order valence-corrected chi connectivity index (χ2v) is 10.9. The predicted molar refractivity (Wildman–Crippen MR) is 143 cm³/mol. The molecule has 1 aliphatic heterocycles. The van der Waals surface area contributed by atoms with Gasteiger partial charge in [-0.1, -0.05) is 0 Å². The van der Waals surface area contributed by atoms with Crippen molar-refractivity contribution < 1.29 is 55.0 Å². The Morgan fingerprint density at radius 1 is 1.05 bits per heavy atom. The summed E-state index contributed by atoms with van der Waals surface area (Å²) in [5, 5.41) is 10.6. The molecule has 0 aliphatic carbocycles. The summed E-state index contributed by atoms with van der Waals surface area (Å²) in [5.74, 6) is -4.43. The third-order valence-corrected chi connectivity index (χ3v) is 7.88. The molecule has 0 spiro atoms. The number of ether oxygens (including phenoxy) is 3. The van der Waals surface area contributed by atoms with Gasteiger partial charge in [-0.15, -0.1) is 0 Å². The Hall–Kier alpha value is -4.38. The molecule has 4 aromatic rings. The summed E-state index contributed by atoms with van der Waals surface area (Å²) in [7, 11) is -2.20. The SMILES string of the molecule is COc1ccc(OP(=O)(OCC2(C(F)F)OC(n3cnc4c(=O)[nH]c(N)nc43)C(F)(F)C2O)Oc2ccc(OC)cc2)cc1. The van der Waals surface area contributed by atoms with E-state index in [-0.39, 0.29) is 11.5 Å². The highest BCUT2D eigenvalue weighted by Gasteiger charge is 2.71. The van der Waals surface area contributed by atoms with Crippen LogP contribution in [0.1, 0.15) is 6.23 Å². The lowest BCUT2D eigenvalue weighted by Crippen LogP contribution is -2.54. The summed E-state index contributed by atoms with van der Waals surface area (Å²) in [6, 6.07) is 10.9. The molecule has 4 N–H and O–H groups in total. The van der Waals surface area contributed by atoms with Crippen LogP contribution < -0.4 is 29.8 Å². The second-order valence-electron chi connectivity index (χ2n) is 9.33. The van der Waals surface area contributed by atoms with Gasteiger partial charge in [0.25, 0.3) is 12.0 Å². The van der Waals surface area contributed by atoms with Gasteiger partial charge in [0.05, 0.1) is 27.2 Å². The lowest BCUT2D eigenvalue weighted by Gasteiger charge is -2.31. The Balaban J connectivity index is 1.49. The van der Waals surface area contributed by atoms with Crippen LogP contribution in [0.4, 0.5) is 23.5 Å². The number of phosphoric acid groups is 1. The van der Waals surface area contributed by atoms with Crippen molar-refractivity contribution in [3.05, 3.63) is 65.2 Å². The largest absolute Gasteiger partial charge is 0.587 e. The average molecular weight is 645 g/mol. The third kappa shape index (κ3) is 5.63. The number of aliphatic hydroxyl groups is 1. The number of nitrogen functional groups attached to an aromatic ring is 1. The third-order valence-electron chi connectivity index (χ3n) is 6.56. The zero-order chi connectivity index (χ0) is 31.9. The Morgan fingerprint density at radius 2 is 1.57 bits per heavy atom. The molecule has 19 heteroatoms. The number of rotatable bonds is 11. The van der Waals surface area contributed by atoms with E-state index in [1.165, 1.54) is 62.8 Å². The van der Waals surface area contributed by atoms with Crippen molar-refractivity contribution in [2.24, 2.45) is 0 Å². The van der Waals surface area contributed by atoms with Gasteiger partial charge in [-0.2, -0.15) is 13.8 Å². The van der Waals surface area contributed by atoms with E-state index in [2.05, 4.69) is 15.0 Å². The molecule has 236 valence electrons. The quantitative estimate of drug-likeness (QED) is 0.160. The number of phosphoric ester groups is 1. The second kappa shape index (κ2) is 11.6. The number of anilines is 1. The summed E-state index contributed by atoms with van der Waals surface area (Å²) >= 11 is 0. The fourth-order valence-electron chi connectivity index (χ4n) is 4.30. The number of hydrogen-bond donors (Lipinski definition) is 3. The van der Waals surface area contributed by atoms with E-state index in [0.717, 1.165) is 0 Å². The van der Waals surface area contributed by atoms with Gasteiger partial charge >= 0.3 is 13.7 Å². The number of aromatic amines is 1. The predicted octanol–water partition coefficient (Wildman–Crippen LogP) is 3.53. The molecule has 0 amide bonds. The zero-order valence-electron chi connectivity index (χ0n) is 22.7. The number of imidazole rings is 1. The van der Waals surface area contributed by atoms with Crippen molar-refractivity contribution >= 4 is 24.9 Å². The number of aromatic nitrogens is 4. The van der Waals surface area contributed by atoms with E-state index in [1.807, 2.05) is 0 Å². The molecular formula is C25H24F4N5O9P. The highest BCUT2D eigenvalue weighted by Crippen LogP contribution is 2.55. The van der Waals surface area contributed by atoms with Gasteiger partial charge in [0.1, 0.15) is 23.0 Å². The Kier molecular flexibility index (Phi) is 8.19.